The van der Waals surface area contributed by atoms with Gasteiger partial charge in [-0.15, -0.1) is 0 Å². The van der Waals surface area contributed by atoms with Crippen LogP contribution in [0, 0.1) is 5.92 Å². The summed E-state index contributed by atoms with van der Waals surface area (Å²) in [6.45, 7) is 2.72. The van der Waals surface area contributed by atoms with Crippen LogP contribution in [-0.4, -0.2) is 54.0 Å². The first-order valence-corrected chi connectivity index (χ1v) is 11.8. The molecule has 2 aromatic carbocycles. The van der Waals surface area contributed by atoms with Gasteiger partial charge in [-0.05, 0) is 61.9 Å². The standard InChI is InChI=1S/C26H29N3O4/c30-24(27-17-21-7-4-14-32-21)15-18-10-12-29(13-11-18)26(31)20-8-9-23-22(16-20)28-25(33-23)19-5-2-1-3-6-19/h1-3,5-6,8-9,16,18,21H,4,7,10-15,17H2,(H,27,30). The van der Waals surface area contributed by atoms with Crippen molar-refractivity contribution in [1.82, 2.24) is 15.2 Å². The molecule has 0 radical (unpaired) electrons. The van der Waals surface area contributed by atoms with E-state index < -0.39 is 0 Å². The first kappa shape index (κ1) is 21.6. The van der Waals surface area contributed by atoms with Gasteiger partial charge in [-0.2, -0.15) is 0 Å². The topological polar surface area (TPSA) is 84.7 Å². The molecular formula is C26H29N3O4. The number of nitrogens with one attached hydrogen (secondary N) is 1. The number of aromatic nitrogens is 1. The van der Waals surface area contributed by atoms with E-state index in [9.17, 15) is 9.59 Å². The Morgan fingerprint density at radius 2 is 1.88 bits per heavy atom. The number of amides is 2. The Kier molecular flexibility index (Phi) is 6.39. The first-order chi connectivity index (χ1) is 16.2. The van der Waals surface area contributed by atoms with Crippen LogP contribution >= 0.6 is 0 Å². The Balaban J connectivity index is 1.15. The molecule has 2 fully saturated rings. The highest BCUT2D eigenvalue weighted by Crippen LogP contribution is 2.26. The van der Waals surface area contributed by atoms with E-state index in [4.69, 9.17) is 9.15 Å². The zero-order valence-electron chi connectivity index (χ0n) is 18.7. The number of oxazole rings is 1. The van der Waals surface area contributed by atoms with Crippen molar-refractivity contribution >= 4 is 22.9 Å². The van der Waals surface area contributed by atoms with E-state index in [1.54, 1.807) is 12.1 Å². The molecule has 3 heterocycles. The fraction of sp³-hybridized carbons (Fsp3) is 0.423. The lowest BCUT2D eigenvalue weighted by atomic mass is 9.92. The van der Waals surface area contributed by atoms with Crippen molar-refractivity contribution in [1.29, 1.82) is 0 Å². The zero-order valence-corrected chi connectivity index (χ0v) is 18.7. The molecule has 33 heavy (non-hydrogen) atoms. The van der Waals surface area contributed by atoms with E-state index in [2.05, 4.69) is 10.3 Å². The minimum absolute atomic E-state index is 0.00226. The van der Waals surface area contributed by atoms with Crippen molar-refractivity contribution in [3.8, 4) is 11.5 Å². The van der Waals surface area contributed by atoms with Crippen molar-refractivity contribution in [3.05, 3.63) is 54.1 Å². The Morgan fingerprint density at radius 3 is 2.64 bits per heavy atom. The number of rotatable bonds is 6. The average Bonchev–Trinajstić information content (AvgIpc) is 3.53. The molecule has 2 aliphatic heterocycles. The van der Waals surface area contributed by atoms with Crippen molar-refractivity contribution < 1.29 is 18.7 Å². The van der Waals surface area contributed by atoms with Crippen LogP contribution in [0.5, 0.6) is 0 Å². The number of ether oxygens (including phenoxy) is 1. The number of benzene rings is 2. The summed E-state index contributed by atoms with van der Waals surface area (Å²) >= 11 is 0. The number of fused-ring (bicyclic) bond motifs is 1. The van der Waals surface area contributed by atoms with E-state index in [1.807, 2.05) is 41.3 Å². The molecule has 172 valence electrons. The van der Waals surface area contributed by atoms with Gasteiger partial charge in [0.2, 0.25) is 11.8 Å². The summed E-state index contributed by atoms with van der Waals surface area (Å²) in [6, 6.07) is 15.1. The molecule has 7 nitrogen and oxygen atoms in total. The van der Waals surface area contributed by atoms with E-state index in [-0.39, 0.29) is 17.9 Å². The number of likely N-dealkylation sites (tertiary alicyclic amines) is 1. The van der Waals surface area contributed by atoms with Crippen molar-refractivity contribution in [3.63, 3.8) is 0 Å². The Bertz CT molecular complexity index is 1110. The number of hydrogen-bond donors (Lipinski definition) is 1. The van der Waals surface area contributed by atoms with Crippen LogP contribution < -0.4 is 5.32 Å². The molecule has 7 heteroatoms. The van der Waals surface area contributed by atoms with Gasteiger partial charge >= 0.3 is 0 Å². The summed E-state index contributed by atoms with van der Waals surface area (Å²) in [6.07, 6.45) is 4.45. The Labute approximate surface area is 193 Å². The van der Waals surface area contributed by atoms with Crippen molar-refractivity contribution in [2.45, 2.75) is 38.2 Å². The van der Waals surface area contributed by atoms with Crippen molar-refractivity contribution in [2.24, 2.45) is 5.92 Å². The molecule has 0 spiro atoms. The molecule has 0 aliphatic carbocycles. The van der Waals surface area contributed by atoms with Crippen LogP contribution in [0.1, 0.15) is 42.5 Å². The number of carbonyl (C=O) groups excluding carboxylic acids is 2. The minimum atomic E-state index is 0.00226. The third kappa shape index (κ3) is 5.09. The number of carbonyl (C=O) groups is 2. The van der Waals surface area contributed by atoms with Gasteiger partial charge in [0.15, 0.2) is 5.58 Å². The zero-order chi connectivity index (χ0) is 22.6. The minimum Gasteiger partial charge on any atom is -0.436 e. The molecule has 0 bridgehead atoms. The van der Waals surface area contributed by atoms with Crippen LogP contribution in [0.15, 0.2) is 52.9 Å². The predicted octanol–water partition coefficient (Wildman–Crippen LogP) is 4.03. The maximum absolute atomic E-state index is 13.1. The second-order valence-electron chi connectivity index (χ2n) is 8.95. The Hall–Kier alpha value is -3.19. The van der Waals surface area contributed by atoms with Gasteiger partial charge in [-0.1, -0.05) is 18.2 Å². The van der Waals surface area contributed by atoms with Crippen LogP contribution in [0.4, 0.5) is 0 Å². The molecule has 2 amide bonds. The van der Waals surface area contributed by atoms with Gasteiger partial charge in [-0.25, -0.2) is 4.98 Å². The normalized spacial score (nSPS) is 19.2. The van der Waals surface area contributed by atoms with Gasteiger partial charge in [0.05, 0.1) is 6.10 Å². The highest BCUT2D eigenvalue weighted by atomic mass is 16.5. The number of hydrogen-bond acceptors (Lipinski definition) is 5. The lowest BCUT2D eigenvalue weighted by Crippen LogP contribution is -2.40. The third-order valence-corrected chi connectivity index (χ3v) is 6.58. The molecule has 2 saturated heterocycles. The van der Waals surface area contributed by atoms with Gasteiger partial charge in [0.25, 0.3) is 5.91 Å². The van der Waals surface area contributed by atoms with Crippen LogP contribution in [-0.2, 0) is 9.53 Å². The molecule has 1 aromatic heterocycles. The summed E-state index contributed by atoms with van der Waals surface area (Å²) in [7, 11) is 0. The predicted molar refractivity (Wildman–Crippen MR) is 125 cm³/mol. The fourth-order valence-electron chi connectivity index (χ4n) is 4.65. The summed E-state index contributed by atoms with van der Waals surface area (Å²) in [4.78, 5) is 31.8. The van der Waals surface area contributed by atoms with Gasteiger partial charge < -0.3 is 19.4 Å². The van der Waals surface area contributed by atoms with E-state index >= 15 is 0 Å². The summed E-state index contributed by atoms with van der Waals surface area (Å²) in [5.74, 6) is 0.946. The van der Waals surface area contributed by atoms with Crippen LogP contribution in [0.25, 0.3) is 22.6 Å². The van der Waals surface area contributed by atoms with Crippen LogP contribution in [0.2, 0.25) is 0 Å². The first-order valence-electron chi connectivity index (χ1n) is 11.8. The molecule has 1 unspecified atom stereocenters. The molecular weight excluding hydrogens is 418 g/mol. The molecule has 1 N–H and O–H groups in total. The van der Waals surface area contributed by atoms with E-state index in [0.717, 1.165) is 37.9 Å². The lowest BCUT2D eigenvalue weighted by Gasteiger charge is -2.32. The molecule has 2 aliphatic rings. The molecule has 5 rings (SSSR count). The summed E-state index contributed by atoms with van der Waals surface area (Å²) < 4.78 is 11.4. The molecule has 0 saturated carbocycles. The maximum atomic E-state index is 13.1. The summed E-state index contributed by atoms with van der Waals surface area (Å²) in [5, 5.41) is 3.00. The van der Waals surface area contributed by atoms with E-state index in [1.165, 1.54) is 0 Å². The maximum Gasteiger partial charge on any atom is 0.253 e. The number of nitrogens with zero attached hydrogens (tertiary/aromatic N) is 2. The highest BCUT2D eigenvalue weighted by Gasteiger charge is 2.26. The second-order valence-corrected chi connectivity index (χ2v) is 8.95. The second kappa shape index (κ2) is 9.75. The average molecular weight is 448 g/mol. The SMILES string of the molecule is O=C(CC1CCN(C(=O)c2ccc3oc(-c4ccccc4)nc3c2)CC1)NCC1CCCO1. The van der Waals surface area contributed by atoms with Crippen molar-refractivity contribution in [2.75, 3.05) is 26.2 Å². The molecule has 1 atom stereocenters. The smallest absolute Gasteiger partial charge is 0.253 e. The highest BCUT2D eigenvalue weighted by molar-refractivity contribution is 5.97. The lowest BCUT2D eigenvalue weighted by molar-refractivity contribution is -0.122. The third-order valence-electron chi connectivity index (χ3n) is 6.58. The molecule has 3 aromatic rings. The quantitative estimate of drug-likeness (QED) is 0.617. The Morgan fingerprint density at radius 1 is 1.06 bits per heavy atom. The van der Waals surface area contributed by atoms with Gasteiger partial charge in [0.1, 0.15) is 5.52 Å². The monoisotopic (exact) mass is 447 g/mol. The largest absolute Gasteiger partial charge is 0.436 e. The van der Waals surface area contributed by atoms with E-state index in [0.29, 0.717) is 54.5 Å². The van der Waals surface area contributed by atoms with Gasteiger partial charge in [-0.3, -0.25) is 9.59 Å². The fourth-order valence-corrected chi connectivity index (χ4v) is 4.65. The van der Waals surface area contributed by atoms with Gasteiger partial charge in [0, 0.05) is 43.8 Å². The summed E-state index contributed by atoms with van der Waals surface area (Å²) in [5.41, 5.74) is 2.86. The number of piperidine rings is 1. The van der Waals surface area contributed by atoms with Crippen LogP contribution in [0.3, 0.4) is 0 Å².